The normalized spacial score (nSPS) is 20.9. The summed E-state index contributed by atoms with van der Waals surface area (Å²) in [5.41, 5.74) is 0. The average Bonchev–Trinajstić information content (AvgIpc) is 3.37. The second kappa shape index (κ2) is 7.05. The minimum absolute atomic E-state index is 0.562. The molecule has 1 aliphatic carbocycles. The lowest BCUT2D eigenvalue weighted by molar-refractivity contribution is 0.151. The van der Waals surface area contributed by atoms with Gasteiger partial charge in [0.1, 0.15) is 5.82 Å². The van der Waals surface area contributed by atoms with Gasteiger partial charge in [0.15, 0.2) is 5.82 Å². The number of hydrogen-bond donors (Lipinski definition) is 0. The van der Waals surface area contributed by atoms with E-state index in [2.05, 4.69) is 36.1 Å². The van der Waals surface area contributed by atoms with Gasteiger partial charge in [-0.1, -0.05) is 12.8 Å². The van der Waals surface area contributed by atoms with Crippen LogP contribution in [0.5, 0.6) is 0 Å². The molecule has 4 rings (SSSR count). The van der Waals surface area contributed by atoms with E-state index < -0.39 is 0 Å². The number of piperidine rings is 1. The second-order valence-electron chi connectivity index (χ2n) is 7.20. The van der Waals surface area contributed by atoms with Crippen LogP contribution in [0.25, 0.3) is 0 Å². The molecule has 0 N–H and O–H groups in total. The van der Waals surface area contributed by atoms with E-state index in [1.807, 2.05) is 18.7 Å². The molecule has 2 aromatic rings. The van der Waals surface area contributed by atoms with Gasteiger partial charge in [-0.15, -0.1) is 10.2 Å². The summed E-state index contributed by atoms with van der Waals surface area (Å²) in [5.74, 6) is 2.80. The van der Waals surface area contributed by atoms with Crippen molar-refractivity contribution in [3.8, 4) is 0 Å². The molecule has 24 heavy (non-hydrogen) atoms. The predicted molar refractivity (Wildman–Crippen MR) is 92.8 cm³/mol. The Morgan fingerprint density at radius 2 is 1.88 bits per heavy atom. The summed E-state index contributed by atoms with van der Waals surface area (Å²) < 4.78 is 4.37. The largest absolute Gasteiger partial charge is 0.330 e. The van der Waals surface area contributed by atoms with Crippen LogP contribution in [0.3, 0.4) is 0 Å². The van der Waals surface area contributed by atoms with Crippen LogP contribution < -0.4 is 0 Å². The van der Waals surface area contributed by atoms with Crippen molar-refractivity contribution in [3.05, 3.63) is 30.4 Å². The Labute approximate surface area is 143 Å². The Morgan fingerprint density at radius 1 is 1.08 bits per heavy atom. The van der Waals surface area contributed by atoms with Crippen LogP contribution in [0.4, 0.5) is 0 Å². The zero-order chi connectivity index (χ0) is 16.4. The summed E-state index contributed by atoms with van der Waals surface area (Å²) in [6, 6.07) is 0.854. The van der Waals surface area contributed by atoms with E-state index in [1.54, 1.807) is 0 Å². The third-order valence-corrected chi connectivity index (χ3v) is 5.79. The molecule has 0 amide bonds. The van der Waals surface area contributed by atoms with E-state index in [9.17, 15) is 0 Å². The predicted octanol–water partition coefficient (Wildman–Crippen LogP) is 2.66. The first kappa shape index (κ1) is 15.8. The summed E-state index contributed by atoms with van der Waals surface area (Å²) in [6.45, 7) is 6.33. The molecular formula is C18H28N6. The zero-order valence-electron chi connectivity index (χ0n) is 14.6. The van der Waals surface area contributed by atoms with Crippen LogP contribution in [0, 0.1) is 0 Å². The molecular weight excluding hydrogens is 300 g/mol. The standard InChI is InChI=1S/C18H28N6/c1-2-24-17(13-22-12-9-19-14-22)20-21-18(24)15-7-10-23(11-8-15)16-5-3-4-6-16/h9,12,14-16H,2-8,10-11,13H2,1H3. The van der Waals surface area contributed by atoms with Crippen LogP contribution in [0.1, 0.15) is 63.0 Å². The highest BCUT2D eigenvalue weighted by atomic mass is 15.3. The van der Waals surface area contributed by atoms with Gasteiger partial charge in [-0.2, -0.15) is 0 Å². The molecule has 1 saturated carbocycles. The van der Waals surface area contributed by atoms with Gasteiger partial charge in [-0.25, -0.2) is 4.98 Å². The molecule has 2 fully saturated rings. The quantitative estimate of drug-likeness (QED) is 0.847. The van der Waals surface area contributed by atoms with Gasteiger partial charge in [0.05, 0.1) is 12.9 Å². The fraction of sp³-hybridized carbons (Fsp3) is 0.722. The molecule has 0 atom stereocenters. The van der Waals surface area contributed by atoms with Crippen LogP contribution in [-0.2, 0) is 13.1 Å². The molecule has 1 aliphatic heterocycles. The van der Waals surface area contributed by atoms with Crippen LogP contribution in [0.2, 0.25) is 0 Å². The van der Waals surface area contributed by atoms with E-state index in [0.29, 0.717) is 5.92 Å². The van der Waals surface area contributed by atoms with Gasteiger partial charge in [0.25, 0.3) is 0 Å². The minimum atomic E-state index is 0.562. The van der Waals surface area contributed by atoms with Gasteiger partial charge >= 0.3 is 0 Å². The van der Waals surface area contributed by atoms with Crippen LogP contribution in [-0.4, -0.2) is 48.3 Å². The molecule has 130 valence electrons. The SMILES string of the molecule is CCn1c(Cn2ccnc2)nnc1C1CCN(C2CCCC2)CC1. The fourth-order valence-electron chi connectivity index (χ4n) is 4.45. The lowest BCUT2D eigenvalue weighted by atomic mass is 9.94. The van der Waals surface area contributed by atoms with Gasteiger partial charge in [-0.3, -0.25) is 0 Å². The maximum atomic E-state index is 4.57. The Kier molecular flexibility index (Phi) is 4.65. The highest BCUT2D eigenvalue weighted by molar-refractivity contribution is 5.05. The van der Waals surface area contributed by atoms with Crippen molar-refractivity contribution in [1.82, 2.24) is 29.2 Å². The van der Waals surface area contributed by atoms with E-state index >= 15 is 0 Å². The molecule has 0 aromatic carbocycles. The topological polar surface area (TPSA) is 51.8 Å². The minimum Gasteiger partial charge on any atom is -0.330 e. The van der Waals surface area contributed by atoms with Crippen molar-refractivity contribution >= 4 is 0 Å². The van der Waals surface area contributed by atoms with Crippen molar-refractivity contribution in [3.63, 3.8) is 0 Å². The van der Waals surface area contributed by atoms with Crippen molar-refractivity contribution in [1.29, 1.82) is 0 Å². The molecule has 1 saturated heterocycles. The van der Waals surface area contributed by atoms with Crippen molar-refractivity contribution in [2.24, 2.45) is 0 Å². The van der Waals surface area contributed by atoms with E-state index in [4.69, 9.17) is 0 Å². The molecule has 6 nitrogen and oxygen atoms in total. The number of nitrogens with zero attached hydrogens (tertiary/aromatic N) is 6. The van der Waals surface area contributed by atoms with Crippen LogP contribution in [0.15, 0.2) is 18.7 Å². The first-order valence-electron chi connectivity index (χ1n) is 9.47. The van der Waals surface area contributed by atoms with Gasteiger partial charge < -0.3 is 14.0 Å². The first-order valence-corrected chi connectivity index (χ1v) is 9.47. The molecule has 0 spiro atoms. The Hall–Kier alpha value is -1.69. The third kappa shape index (κ3) is 3.11. The maximum absolute atomic E-state index is 4.57. The molecule has 0 radical (unpaired) electrons. The Balaban J connectivity index is 1.43. The van der Waals surface area contributed by atoms with Crippen LogP contribution >= 0.6 is 0 Å². The molecule has 0 unspecified atom stereocenters. The summed E-state index contributed by atoms with van der Waals surface area (Å²) in [6.07, 6.45) is 13.7. The number of aromatic nitrogens is 5. The number of likely N-dealkylation sites (tertiary alicyclic amines) is 1. The molecule has 2 aromatic heterocycles. The molecule has 2 aliphatic rings. The number of rotatable bonds is 5. The van der Waals surface area contributed by atoms with Gasteiger partial charge in [0, 0.05) is 30.9 Å². The number of imidazole rings is 1. The molecule has 3 heterocycles. The average molecular weight is 328 g/mol. The monoisotopic (exact) mass is 328 g/mol. The third-order valence-electron chi connectivity index (χ3n) is 5.79. The lowest BCUT2D eigenvalue weighted by Gasteiger charge is -2.35. The summed E-state index contributed by atoms with van der Waals surface area (Å²) in [4.78, 5) is 6.84. The highest BCUT2D eigenvalue weighted by Crippen LogP contribution is 2.32. The second-order valence-corrected chi connectivity index (χ2v) is 7.20. The Bertz CT molecular complexity index is 633. The summed E-state index contributed by atoms with van der Waals surface area (Å²) >= 11 is 0. The molecule has 6 heteroatoms. The molecule has 0 bridgehead atoms. The zero-order valence-corrected chi connectivity index (χ0v) is 14.6. The van der Waals surface area contributed by atoms with Crippen molar-refractivity contribution in [2.75, 3.05) is 13.1 Å². The lowest BCUT2D eigenvalue weighted by Crippen LogP contribution is -2.40. The summed E-state index contributed by atoms with van der Waals surface area (Å²) in [5, 5.41) is 9.06. The summed E-state index contributed by atoms with van der Waals surface area (Å²) in [7, 11) is 0. The van der Waals surface area contributed by atoms with E-state index in [-0.39, 0.29) is 0 Å². The number of hydrogen-bond acceptors (Lipinski definition) is 4. The van der Waals surface area contributed by atoms with E-state index in [0.717, 1.165) is 25.0 Å². The van der Waals surface area contributed by atoms with Crippen molar-refractivity contribution < 1.29 is 0 Å². The maximum Gasteiger partial charge on any atom is 0.153 e. The van der Waals surface area contributed by atoms with Crippen molar-refractivity contribution in [2.45, 2.75) is 70.5 Å². The Morgan fingerprint density at radius 3 is 2.54 bits per heavy atom. The fourth-order valence-corrected chi connectivity index (χ4v) is 4.45. The highest BCUT2D eigenvalue weighted by Gasteiger charge is 2.30. The van der Waals surface area contributed by atoms with E-state index in [1.165, 1.54) is 57.4 Å². The van der Waals surface area contributed by atoms with Gasteiger partial charge in [0.2, 0.25) is 0 Å². The van der Waals surface area contributed by atoms with Gasteiger partial charge in [-0.05, 0) is 45.7 Å². The smallest absolute Gasteiger partial charge is 0.153 e. The first-order chi connectivity index (χ1) is 11.8.